The number of carbonyl (C=O) groups is 1. The Hall–Kier alpha value is -2.10. The van der Waals surface area contributed by atoms with E-state index >= 15 is 0 Å². The Morgan fingerprint density at radius 1 is 1.35 bits per heavy atom. The van der Waals surface area contributed by atoms with Crippen molar-refractivity contribution in [3.05, 3.63) is 52.8 Å². The van der Waals surface area contributed by atoms with Gasteiger partial charge in [-0.2, -0.15) is 5.10 Å². The molecular formula is C19H25N3O. The van der Waals surface area contributed by atoms with Crippen LogP contribution in [0.15, 0.2) is 30.3 Å². The first-order valence-electron chi connectivity index (χ1n) is 8.42. The maximum absolute atomic E-state index is 12.6. The van der Waals surface area contributed by atoms with Crippen molar-refractivity contribution in [3.63, 3.8) is 0 Å². The molecule has 1 amide bonds. The highest BCUT2D eigenvalue weighted by Crippen LogP contribution is 2.39. The molecule has 1 fully saturated rings. The van der Waals surface area contributed by atoms with Gasteiger partial charge in [-0.1, -0.05) is 43.2 Å². The minimum absolute atomic E-state index is 0.00694. The van der Waals surface area contributed by atoms with Crippen molar-refractivity contribution in [2.75, 3.05) is 0 Å². The van der Waals surface area contributed by atoms with E-state index in [4.69, 9.17) is 0 Å². The topological polar surface area (TPSA) is 46.9 Å². The predicted molar refractivity (Wildman–Crippen MR) is 91.5 cm³/mol. The summed E-state index contributed by atoms with van der Waals surface area (Å²) in [5, 5.41) is 7.67. The number of benzene rings is 1. The summed E-state index contributed by atoms with van der Waals surface area (Å²) in [6.07, 6.45) is 4.95. The Labute approximate surface area is 137 Å². The molecule has 1 aromatic heterocycles. The van der Waals surface area contributed by atoms with Crippen LogP contribution in [0.1, 0.15) is 53.5 Å². The highest BCUT2D eigenvalue weighted by molar-refractivity contribution is 5.93. The normalized spacial score (nSPS) is 15.4. The van der Waals surface area contributed by atoms with Crippen LogP contribution in [0.3, 0.4) is 0 Å². The van der Waals surface area contributed by atoms with Gasteiger partial charge in [-0.15, -0.1) is 0 Å². The summed E-state index contributed by atoms with van der Waals surface area (Å²) >= 11 is 0. The molecule has 23 heavy (non-hydrogen) atoms. The molecule has 3 rings (SSSR count). The molecule has 0 spiro atoms. The van der Waals surface area contributed by atoms with Gasteiger partial charge in [0.1, 0.15) is 5.69 Å². The van der Waals surface area contributed by atoms with E-state index in [-0.39, 0.29) is 11.4 Å². The van der Waals surface area contributed by atoms with E-state index in [1.165, 1.54) is 11.1 Å². The molecule has 0 bridgehead atoms. The molecule has 2 aromatic rings. The van der Waals surface area contributed by atoms with Gasteiger partial charge in [0.2, 0.25) is 0 Å². The second-order valence-electron chi connectivity index (χ2n) is 6.79. The van der Waals surface area contributed by atoms with Crippen LogP contribution < -0.4 is 5.32 Å². The number of rotatable bonds is 6. The standard InChI is InChI=1S/C19H25N3O/c1-4-6-16-12-17(22(3)21-16)18(23)20-19(9-10-19)13-15-8-5-7-14(2)11-15/h5,7-8,11-12H,4,6,9-10,13H2,1-3H3,(H,20,23). The third kappa shape index (κ3) is 3.63. The smallest absolute Gasteiger partial charge is 0.269 e. The molecule has 1 aliphatic rings. The SMILES string of the molecule is CCCc1cc(C(=O)NC2(Cc3cccc(C)c3)CC2)n(C)n1. The monoisotopic (exact) mass is 311 g/mol. The van der Waals surface area contributed by atoms with Crippen LogP contribution >= 0.6 is 0 Å². The summed E-state index contributed by atoms with van der Waals surface area (Å²) in [6.45, 7) is 4.22. The summed E-state index contributed by atoms with van der Waals surface area (Å²) in [5.41, 5.74) is 4.13. The third-order valence-corrected chi connectivity index (χ3v) is 4.53. The third-order valence-electron chi connectivity index (χ3n) is 4.53. The van der Waals surface area contributed by atoms with Crippen molar-refractivity contribution in [2.45, 2.75) is 51.5 Å². The highest BCUT2D eigenvalue weighted by Gasteiger charge is 2.44. The van der Waals surface area contributed by atoms with Crippen LogP contribution in [0.25, 0.3) is 0 Å². The van der Waals surface area contributed by atoms with Crippen molar-refractivity contribution in [3.8, 4) is 0 Å². The first kappa shape index (κ1) is 15.8. The number of nitrogens with one attached hydrogen (secondary N) is 1. The molecule has 0 radical (unpaired) electrons. The molecule has 1 N–H and O–H groups in total. The van der Waals surface area contributed by atoms with E-state index in [2.05, 4.69) is 48.5 Å². The van der Waals surface area contributed by atoms with E-state index in [0.29, 0.717) is 5.69 Å². The number of amides is 1. The van der Waals surface area contributed by atoms with Crippen LogP contribution in [-0.2, 0) is 19.9 Å². The van der Waals surface area contributed by atoms with Gasteiger partial charge in [0.25, 0.3) is 5.91 Å². The number of hydrogen-bond acceptors (Lipinski definition) is 2. The maximum atomic E-state index is 12.6. The van der Waals surface area contributed by atoms with E-state index < -0.39 is 0 Å². The van der Waals surface area contributed by atoms with Crippen LogP contribution in [0.4, 0.5) is 0 Å². The van der Waals surface area contributed by atoms with Gasteiger partial charge >= 0.3 is 0 Å². The average Bonchev–Trinajstić information content (AvgIpc) is 3.12. The predicted octanol–water partition coefficient (Wildman–Crippen LogP) is 3.19. The minimum Gasteiger partial charge on any atom is -0.345 e. The first-order chi connectivity index (χ1) is 11.0. The summed E-state index contributed by atoms with van der Waals surface area (Å²) < 4.78 is 1.70. The molecule has 1 heterocycles. The quantitative estimate of drug-likeness (QED) is 0.890. The van der Waals surface area contributed by atoms with Crippen LogP contribution in [0.5, 0.6) is 0 Å². The lowest BCUT2D eigenvalue weighted by Crippen LogP contribution is -2.39. The fourth-order valence-electron chi connectivity index (χ4n) is 3.13. The average molecular weight is 311 g/mol. The zero-order chi connectivity index (χ0) is 16.4. The first-order valence-corrected chi connectivity index (χ1v) is 8.42. The van der Waals surface area contributed by atoms with Gasteiger partial charge in [0.05, 0.1) is 5.69 Å². The van der Waals surface area contributed by atoms with E-state index in [1.807, 2.05) is 13.1 Å². The van der Waals surface area contributed by atoms with Crippen LogP contribution in [-0.4, -0.2) is 21.2 Å². The molecule has 1 aliphatic carbocycles. The lowest BCUT2D eigenvalue weighted by Gasteiger charge is -2.18. The lowest BCUT2D eigenvalue weighted by molar-refractivity contribution is 0.0922. The Kier molecular flexibility index (Phi) is 4.24. The molecule has 0 saturated heterocycles. The van der Waals surface area contributed by atoms with E-state index in [9.17, 15) is 4.79 Å². The molecular weight excluding hydrogens is 286 g/mol. The number of aromatic nitrogens is 2. The summed E-state index contributed by atoms with van der Waals surface area (Å²) in [5.74, 6) is -0.00694. The van der Waals surface area contributed by atoms with E-state index in [0.717, 1.165) is 37.8 Å². The number of nitrogens with zero attached hydrogens (tertiary/aromatic N) is 2. The van der Waals surface area contributed by atoms with Gasteiger partial charge in [0, 0.05) is 12.6 Å². The lowest BCUT2D eigenvalue weighted by atomic mass is 10.0. The minimum atomic E-state index is -0.0694. The number of carbonyl (C=O) groups excluding carboxylic acids is 1. The van der Waals surface area contributed by atoms with E-state index in [1.54, 1.807) is 4.68 Å². The number of aryl methyl sites for hydroxylation is 3. The van der Waals surface area contributed by atoms with Crippen molar-refractivity contribution in [1.29, 1.82) is 0 Å². The Morgan fingerprint density at radius 2 is 2.13 bits per heavy atom. The molecule has 0 aliphatic heterocycles. The van der Waals surface area contributed by atoms with Gasteiger partial charge in [0.15, 0.2) is 0 Å². The Morgan fingerprint density at radius 3 is 2.78 bits per heavy atom. The summed E-state index contributed by atoms with van der Waals surface area (Å²) in [4.78, 5) is 12.6. The molecule has 1 saturated carbocycles. The van der Waals surface area contributed by atoms with Gasteiger partial charge in [-0.25, -0.2) is 0 Å². The van der Waals surface area contributed by atoms with Gasteiger partial charge < -0.3 is 5.32 Å². The molecule has 0 atom stereocenters. The second-order valence-corrected chi connectivity index (χ2v) is 6.79. The molecule has 122 valence electrons. The molecule has 1 aromatic carbocycles. The molecule has 0 unspecified atom stereocenters. The van der Waals surface area contributed by atoms with Crippen LogP contribution in [0, 0.1) is 6.92 Å². The maximum Gasteiger partial charge on any atom is 0.269 e. The second kappa shape index (κ2) is 6.19. The van der Waals surface area contributed by atoms with Crippen molar-refractivity contribution in [2.24, 2.45) is 7.05 Å². The fraction of sp³-hybridized carbons (Fsp3) is 0.474. The Balaban J connectivity index is 1.70. The van der Waals surface area contributed by atoms with Gasteiger partial charge in [-0.3, -0.25) is 9.48 Å². The van der Waals surface area contributed by atoms with Crippen LogP contribution in [0.2, 0.25) is 0 Å². The highest BCUT2D eigenvalue weighted by atomic mass is 16.2. The van der Waals surface area contributed by atoms with Gasteiger partial charge in [-0.05, 0) is 44.2 Å². The summed E-state index contributed by atoms with van der Waals surface area (Å²) in [6, 6.07) is 10.5. The molecule has 4 nitrogen and oxygen atoms in total. The Bertz CT molecular complexity index is 713. The van der Waals surface area contributed by atoms with Crippen molar-refractivity contribution < 1.29 is 4.79 Å². The number of hydrogen-bond donors (Lipinski definition) is 1. The molecule has 4 heteroatoms. The van der Waals surface area contributed by atoms with Crippen molar-refractivity contribution in [1.82, 2.24) is 15.1 Å². The fourth-order valence-corrected chi connectivity index (χ4v) is 3.13. The zero-order valence-electron chi connectivity index (χ0n) is 14.2. The zero-order valence-corrected chi connectivity index (χ0v) is 14.2. The summed E-state index contributed by atoms with van der Waals surface area (Å²) in [7, 11) is 1.84. The largest absolute Gasteiger partial charge is 0.345 e. The van der Waals surface area contributed by atoms with Crippen molar-refractivity contribution >= 4 is 5.91 Å².